The lowest BCUT2D eigenvalue weighted by Crippen LogP contribution is -2.14. The molecule has 2 heterocycles. The van der Waals surface area contributed by atoms with Crippen LogP contribution in [0.1, 0.15) is 0 Å². The highest BCUT2D eigenvalue weighted by atomic mass is 32.2. The Hall–Kier alpha value is -3.15. The summed E-state index contributed by atoms with van der Waals surface area (Å²) in [6, 6.07) is 4.15. The van der Waals surface area contributed by atoms with Crippen molar-refractivity contribution in [3.63, 3.8) is 0 Å². The Morgan fingerprint density at radius 2 is 1.82 bits per heavy atom. The summed E-state index contributed by atoms with van der Waals surface area (Å²) >= 11 is 0. The van der Waals surface area contributed by atoms with Gasteiger partial charge in [0.2, 0.25) is 0 Å². The summed E-state index contributed by atoms with van der Waals surface area (Å²) < 4.78 is 96.0. The minimum Gasteiger partial charge on any atom is -0.432 e. The number of sulfonamides is 1. The molecule has 0 spiro atoms. The number of hydrogen-bond donors (Lipinski definition) is 2. The van der Waals surface area contributed by atoms with Crippen molar-refractivity contribution in [3.05, 3.63) is 60.2 Å². The van der Waals surface area contributed by atoms with Crippen LogP contribution in [-0.4, -0.2) is 25.0 Å². The number of rotatable bonds is 6. The summed E-state index contributed by atoms with van der Waals surface area (Å²) in [5, 5.41) is 0. The number of benzene rings is 1. The molecule has 0 unspecified atom stereocenters. The van der Waals surface area contributed by atoms with E-state index in [0.29, 0.717) is 6.07 Å². The van der Waals surface area contributed by atoms with Crippen molar-refractivity contribution in [1.82, 2.24) is 9.97 Å². The van der Waals surface area contributed by atoms with Gasteiger partial charge in [-0.05, 0) is 18.2 Å². The first kappa shape index (κ1) is 19.6. The third kappa shape index (κ3) is 4.06. The van der Waals surface area contributed by atoms with Gasteiger partial charge in [-0.3, -0.25) is 9.71 Å². The first-order valence-corrected chi connectivity index (χ1v) is 8.91. The first-order valence-electron chi connectivity index (χ1n) is 7.43. The molecule has 0 aliphatic carbocycles. The van der Waals surface area contributed by atoms with Crippen LogP contribution in [0.2, 0.25) is 0 Å². The van der Waals surface area contributed by atoms with E-state index in [1.54, 1.807) is 4.72 Å². The van der Waals surface area contributed by atoms with Gasteiger partial charge in [-0.15, -0.1) is 0 Å². The fraction of sp³-hybridized carbons (Fsp3) is 0.0625. The third-order valence-corrected chi connectivity index (χ3v) is 4.81. The molecule has 148 valence electrons. The molecular weight excluding hydrogens is 409 g/mol. The summed E-state index contributed by atoms with van der Waals surface area (Å²) in [4.78, 5) is 5.88. The van der Waals surface area contributed by atoms with Crippen molar-refractivity contribution >= 4 is 15.7 Å². The Morgan fingerprint density at radius 1 is 1.07 bits per heavy atom. The van der Waals surface area contributed by atoms with Gasteiger partial charge >= 0.3 is 6.61 Å². The molecule has 6 nitrogen and oxygen atoms in total. The van der Waals surface area contributed by atoms with Crippen LogP contribution in [0.25, 0.3) is 11.4 Å². The van der Waals surface area contributed by atoms with E-state index in [1.165, 1.54) is 12.3 Å². The van der Waals surface area contributed by atoms with Crippen LogP contribution in [0.5, 0.6) is 5.75 Å². The van der Waals surface area contributed by atoms with E-state index in [0.717, 1.165) is 18.3 Å². The van der Waals surface area contributed by atoms with E-state index in [4.69, 9.17) is 0 Å². The predicted octanol–water partition coefficient (Wildman–Crippen LogP) is 3.90. The van der Waals surface area contributed by atoms with Gasteiger partial charge in [0.05, 0.1) is 11.4 Å². The predicted molar refractivity (Wildman–Crippen MR) is 87.8 cm³/mol. The minimum absolute atomic E-state index is 0.0332. The number of hydrogen-bond acceptors (Lipinski definition) is 4. The topological polar surface area (TPSA) is 84.1 Å². The monoisotopic (exact) mass is 419 g/mol. The van der Waals surface area contributed by atoms with E-state index < -0.39 is 50.4 Å². The van der Waals surface area contributed by atoms with E-state index >= 15 is 0 Å². The van der Waals surface area contributed by atoms with Crippen LogP contribution < -0.4 is 9.46 Å². The van der Waals surface area contributed by atoms with Crippen molar-refractivity contribution in [2.45, 2.75) is 11.5 Å². The molecule has 28 heavy (non-hydrogen) atoms. The molecule has 2 aromatic heterocycles. The highest BCUT2D eigenvalue weighted by molar-refractivity contribution is 7.92. The maximum Gasteiger partial charge on any atom is 0.387 e. The Balaban J connectivity index is 1.89. The molecule has 1 aromatic carbocycles. The van der Waals surface area contributed by atoms with E-state index in [1.807, 2.05) is 0 Å². The third-order valence-electron chi connectivity index (χ3n) is 3.46. The quantitative estimate of drug-likeness (QED) is 0.594. The number of aromatic nitrogens is 2. The number of nitrogens with one attached hydrogen (secondary N) is 2. The Morgan fingerprint density at radius 3 is 2.50 bits per heavy atom. The maximum atomic E-state index is 14.0. The van der Waals surface area contributed by atoms with Gasteiger partial charge in [-0.1, -0.05) is 0 Å². The fourth-order valence-corrected chi connectivity index (χ4v) is 3.30. The molecule has 12 heteroatoms. The normalized spacial score (nSPS) is 11.6. The van der Waals surface area contributed by atoms with Gasteiger partial charge in [0.15, 0.2) is 23.2 Å². The van der Waals surface area contributed by atoms with Crippen molar-refractivity contribution in [3.8, 4) is 17.1 Å². The molecule has 0 bridgehead atoms. The number of ether oxygens (including phenoxy) is 1. The highest BCUT2D eigenvalue weighted by Crippen LogP contribution is 2.29. The number of pyridine rings is 1. The highest BCUT2D eigenvalue weighted by Gasteiger charge is 2.22. The van der Waals surface area contributed by atoms with Crippen LogP contribution >= 0.6 is 0 Å². The summed E-state index contributed by atoms with van der Waals surface area (Å²) in [5.41, 5.74) is -0.939. The smallest absolute Gasteiger partial charge is 0.387 e. The van der Waals surface area contributed by atoms with Crippen molar-refractivity contribution in [2.75, 3.05) is 4.72 Å². The number of nitrogens with zero attached hydrogens (tertiary/aromatic N) is 1. The number of H-pyrrole nitrogens is 1. The Bertz CT molecular complexity index is 1120. The SMILES string of the molecule is O=S(=O)(Nc1cc(F)c(OC(F)F)cc1F)c1c[nH]c(-c2ncccc2F)c1. The molecule has 0 saturated carbocycles. The van der Waals surface area contributed by atoms with Crippen molar-refractivity contribution < 1.29 is 35.1 Å². The lowest BCUT2D eigenvalue weighted by Gasteiger charge is -2.11. The summed E-state index contributed by atoms with van der Waals surface area (Å²) in [5.74, 6) is -4.52. The first-order chi connectivity index (χ1) is 13.2. The van der Waals surface area contributed by atoms with Crippen LogP contribution in [-0.2, 0) is 10.0 Å². The Labute approximate surface area is 155 Å². The summed E-state index contributed by atoms with van der Waals surface area (Å²) in [6.07, 6.45) is 2.29. The second kappa shape index (κ2) is 7.46. The van der Waals surface area contributed by atoms with Gasteiger partial charge in [-0.25, -0.2) is 21.6 Å². The minimum atomic E-state index is -4.42. The molecule has 3 aromatic rings. The standard InChI is InChI=1S/C16H10F5N3O3S/c17-9-2-1-3-22-15(9)13-4-8(7-23-13)28(25,26)24-12-5-11(19)14(6-10(12)18)27-16(20)21/h1-7,16,23-24H. The molecule has 0 saturated heterocycles. The molecule has 2 N–H and O–H groups in total. The molecule has 0 atom stereocenters. The van der Waals surface area contributed by atoms with Gasteiger partial charge in [0.25, 0.3) is 10.0 Å². The zero-order chi connectivity index (χ0) is 20.5. The Kier molecular flexibility index (Phi) is 5.23. The molecule has 0 aliphatic rings. The van der Waals surface area contributed by atoms with E-state index in [2.05, 4.69) is 14.7 Å². The maximum absolute atomic E-state index is 14.0. The second-order valence-corrected chi connectivity index (χ2v) is 7.01. The van der Waals surface area contributed by atoms with Crippen LogP contribution in [0, 0.1) is 17.5 Å². The van der Waals surface area contributed by atoms with Gasteiger partial charge in [-0.2, -0.15) is 8.78 Å². The number of aromatic amines is 1. The van der Waals surface area contributed by atoms with E-state index in [9.17, 15) is 30.4 Å². The van der Waals surface area contributed by atoms with Crippen LogP contribution in [0.4, 0.5) is 27.6 Å². The number of anilines is 1. The van der Waals surface area contributed by atoms with Crippen LogP contribution in [0.15, 0.2) is 47.6 Å². The van der Waals surface area contributed by atoms with Crippen molar-refractivity contribution in [2.24, 2.45) is 0 Å². The van der Waals surface area contributed by atoms with Gasteiger partial charge in [0, 0.05) is 24.5 Å². The lowest BCUT2D eigenvalue weighted by atomic mass is 10.2. The zero-order valence-corrected chi connectivity index (χ0v) is 14.4. The largest absolute Gasteiger partial charge is 0.432 e. The average molecular weight is 419 g/mol. The molecule has 0 aliphatic heterocycles. The molecule has 0 radical (unpaired) electrons. The van der Waals surface area contributed by atoms with Crippen LogP contribution in [0.3, 0.4) is 0 Å². The zero-order valence-electron chi connectivity index (χ0n) is 13.6. The average Bonchev–Trinajstić information content (AvgIpc) is 3.10. The molecular formula is C16H10F5N3O3S. The molecule has 3 rings (SSSR count). The van der Waals surface area contributed by atoms with Gasteiger partial charge in [0.1, 0.15) is 10.6 Å². The molecule has 0 amide bonds. The van der Waals surface area contributed by atoms with Gasteiger partial charge < -0.3 is 9.72 Å². The second-order valence-electron chi connectivity index (χ2n) is 5.33. The summed E-state index contributed by atoms with van der Waals surface area (Å²) in [7, 11) is -4.42. The molecule has 0 fully saturated rings. The number of halogens is 5. The fourth-order valence-electron chi connectivity index (χ4n) is 2.25. The summed E-state index contributed by atoms with van der Waals surface area (Å²) in [6.45, 7) is -3.39. The van der Waals surface area contributed by atoms with E-state index in [-0.39, 0.29) is 17.5 Å². The van der Waals surface area contributed by atoms with Crippen molar-refractivity contribution in [1.29, 1.82) is 0 Å². The number of alkyl halides is 2. The lowest BCUT2D eigenvalue weighted by molar-refractivity contribution is -0.0523.